The first-order chi connectivity index (χ1) is 6.34. The molecule has 1 rings (SSSR count). The van der Waals surface area contributed by atoms with E-state index in [9.17, 15) is 4.79 Å². The predicted molar refractivity (Wildman–Crippen MR) is 48.5 cm³/mol. The van der Waals surface area contributed by atoms with E-state index < -0.39 is 0 Å². The molecule has 0 atom stereocenters. The number of carbonyl (C=O) groups is 1. The molecule has 1 saturated heterocycles. The van der Waals surface area contributed by atoms with Gasteiger partial charge in [0.1, 0.15) is 6.61 Å². The summed E-state index contributed by atoms with van der Waals surface area (Å²) in [6, 6.07) is 0. The van der Waals surface area contributed by atoms with Gasteiger partial charge in [-0.15, -0.1) is 0 Å². The predicted octanol–water partition coefficient (Wildman–Crippen LogP) is 0.991. The minimum absolute atomic E-state index is 0.179. The normalized spacial score (nSPS) is 16.4. The summed E-state index contributed by atoms with van der Waals surface area (Å²) in [5.74, 6) is 0. The third-order valence-electron chi connectivity index (χ3n) is 2.18. The number of rotatable bonds is 6. The van der Waals surface area contributed by atoms with Gasteiger partial charge in [0.2, 0.25) is 0 Å². The number of aliphatic hydroxyl groups excluding tert-OH is 1. The summed E-state index contributed by atoms with van der Waals surface area (Å²) >= 11 is 0. The summed E-state index contributed by atoms with van der Waals surface area (Å²) in [5, 5.41) is 8.53. The zero-order valence-electron chi connectivity index (χ0n) is 7.87. The molecule has 1 N–H and O–H groups in total. The first kappa shape index (κ1) is 10.3. The molecule has 0 aromatic rings. The van der Waals surface area contributed by atoms with E-state index in [1.807, 2.05) is 0 Å². The lowest BCUT2D eigenvalue weighted by Gasteiger charge is -2.11. The highest BCUT2D eigenvalue weighted by atomic mass is 16.6. The molecule has 1 aliphatic rings. The summed E-state index contributed by atoms with van der Waals surface area (Å²) in [6.45, 7) is 2.34. The Morgan fingerprint density at radius 3 is 2.69 bits per heavy atom. The number of carbonyl (C=O) groups excluding carboxylic acids is 1. The molecule has 1 aliphatic heterocycles. The number of cyclic esters (lactones) is 1. The van der Waals surface area contributed by atoms with Crippen molar-refractivity contribution in [1.82, 2.24) is 4.90 Å². The Kier molecular flexibility index (Phi) is 4.60. The maximum atomic E-state index is 11.0. The molecule has 0 aliphatic carbocycles. The Labute approximate surface area is 78.5 Å². The third kappa shape index (κ3) is 3.63. The lowest BCUT2D eigenvalue weighted by molar-refractivity contribution is 0.158. The highest BCUT2D eigenvalue weighted by Gasteiger charge is 2.20. The lowest BCUT2D eigenvalue weighted by atomic mass is 10.2. The summed E-state index contributed by atoms with van der Waals surface area (Å²) in [4.78, 5) is 12.7. The van der Waals surface area contributed by atoms with Gasteiger partial charge in [-0.1, -0.05) is 12.8 Å². The summed E-state index contributed by atoms with van der Waals surface area (Å²) in [7, 11) is 0. The molecule has 1 fully saturated rings. The maximum absolute atomic E-state index is 11.0. The molecular formula is C9H17NO3. The minimum Gasteiger partial charge on any atom is -0.448 e. The van der Waals surface area contributed by atoms with Crippen molar-refractivity contribution in [2.24, 2.45) is 0 Å². The van der Waals surface area contributed by atoms with Crippen molar-refractivity contribution in [2.75, 3.05) is 26.3 Å². The Morgan fingerprint density at radius 2 is 2.08 bits per heavy atom. The molecule has 1 amide bonds. The number of hydrogen-bond donors (Lipinski definition) is 1. The number of ether oxygens (including phenoxy) is 1. The second-order valence-corrected chi connectivity index (χ2v) is 3.24. The molecule has 0 spiro atoms. The van der Waals surface area contributed by atoms with E-state index in [2.05, 4.69) is 0 Å². The largest absolute Gasteiger partial charge is 0.448 e. The van der Waals surface area contributed by atoms with Crippen molar-refractivity contribution >= 4 is 6.09 Å². The fourth-order valence-corrected chi connectivity index (χ4v) is 1.40. The SMILES string of the molecule is O=C1OCCN1CCCCCCO. The Balaban J connectivity index is 1.96. The Morgan fingerprint density at radius 1 is 1.31 bits per heavy atom. The van der Waals surface area contributed by atoms with Gasteiger partial charge >= 0.3 is 6.09 Å². The van der Waals surface area contributed by atoms with Gasteiger partial charge < -0.3 is 14.7 Å². The average molecular weight is 187 g/mol. The standard InChI is InChI=1S/C9H17NO3/c11-7-4-2-1-3-5-10-6-8-13-9(10)12/h11H,1-8H2. The average Bonchev–Trinajstić information content (AvgIpc) is 2.52. The van der Waals surface area contributed by atoms with Gasteiger partial charge in [0.25, 0.3) is 0 Å². The first-order valence-electron chi connectivity index (χ1n) is 4.87. The molecule has 0 saturated carbocycles. The van der Waals surface area contributed by atoms with Crippen molar-refractivity contribution in [3.05, 3.63) is 0 Å². The fraction of sp³-hybridized carbons (Fsp3) is 0.889. The molecule has 76 valence electrons. The molecule has 0 aromatic heterocycles. The van der Waals surface area contributed by atoms with Gasteiger partial charge in [0, 0.05) is 13.2 Å². The van der Waals surface area contributed by atoms with Crippen LogP contribution in [0.15, 0.2) is 0 Å². The fourth-order valence-electron chi connectivity index (χ4n) is 1.40. The second-order valence-electron chi connectivity index (χ2n) is 3.24. The Hall–Kier alpha value is -0.770. The minimum atomic E-state index is -0.179. The second kappa shape index (κ2) is 5.80. The molecule has 4 nitrogen and oxygen atoms in total. The molecule has 0 aromatic carbocycles. The molecule has 0 radical (unpaired) electrons. The van der Waals surface area contributed by atoms with Crippen LogP contribution in [-0.4, -0.2) is 42.4 Å². The molecular weight excluding hydrogens is 170 g/mol. The maximum Gasteiger partial charge on any atom is 0.409 e. The van der Waals surface area contributed by atoms with E-state index in [0.29, 0.717) is 6.61 Å². The third-order valence-corrected chi connectivity index (χ3v) is 2.18. The van der Waals surface area contributed by atoms with E-state index in [1.54, 1.807) is 4.90 Å². The van der Waals surface area contributed by atoms with E-state index in [-0.39, 0.29) is 12.7 Å². The monoisotopic (exact) mass is 187 g/mol. The van der Waals surface area contributed by atoms with Crippen LogP contribution < -0.4 is 0 Å². The molecule has 1 heterocycles. The van der Waals surface area contributed by atoms with Crippen LogP contribution in [0.3, 0.4) is 0 Å². The van der Waals surface area contributed by atoms with E-state index >= 15 is 0 Å². The summed E-state index contributed by atoms with van der Waals surface area (Å²) in [6.07, 6.45) is 3.81. The number of nitrogens with zero attached hydrogens (tertiary/aromatic N) is 1. The van der Waals surface area contributed by atoms with Crippen LogP contribution in [-0.2, 0) is 4.74 Å². The van der Waals surface area contributed by atoms with Crippen molar-refractivity contribution in [3.63, 3.8) is 0 Å². The summed E-state index contributed by atoms with van der Waals surface area (Å²) < 4.78 is 4.79. The van der Waals surface area contributed by atoms with Crippen molar-refractivity contribution in [3.8, 4) is 0 Å². The topological polar surface area (TPSA) is 49.8 Å². The van der Waals surface area contributed by atoms with Gasteiger partial charge in [0.15, 0.2) is 0 Å². The lowest BCUT2D eigenvalue weighted by Crippen LogP contribution is -2.25. The van der Waals surface area contributed by atoms with Crippen LogP contribution in [0.5, 0.6) is 0 Å². The quantitative estimate of drug-likeness (QED) is 0.631. The van der Waals surface area contributed by atoms with Gasteiger partial charge in [-0.2, -0.15) is 0 Å². The van der Waals surface area contributed by atoms with E-state index in [0.717, 1.165) is 38.8 Å². The van der Waals surface area contributed by atoms with Crippen molar-refractivity contribution in [1.29, 1.82) is 0 Å². The van der Waals surface area contributed by atoms with Crippen LogP contribution in [0, 0.1) is 0 Å². The van der Waals surface area contributed by atoms with Gasteiger partial charge in [-0.25, -0.2) is 4.79 Å². The Bertz CT molecular complexity index is 161. The summed E-state index contributed by atoms with van der Waals surface area (Å²) in [5.41, 5.74) is 0. The molecule has 0 bridgehead atoms. The highest BCUT2D eigenvalue weighted by molar-refractivity contribution is 5.69. The van der Waals surface area contributed by atoms with Gasteiger partial charge in [0.05, 0.1) is 6.54 Å². The number of amides is 1. The van der Waals surface area contributed by atoms with Crippen molar-refractivity contribution < 1.29 is 14.6 Å². The molecule has 13 heavy (non-hydrogen) atoms. The van der Waals surface area contributed by atoms with Crippen LogP contribution in [0.4, 0.5) is 4.79 Å². The van der Waals surface area contributed by atoms with Crippen LogP contribution in [0.1, 0.15) is 25.7 Å². The van der Waals surface area contributed by atoms with Gasteiger partial charge in [-0.3, -0.25) is 0 Å². The smallest absolute Gasteiger partial charge is 0.409 e. The molecule has 0 unspecified atom stereocenters. The number of hydrogen-bond acceptors (Lipinski definition) is 3. The number of aliphatic hydroxyl groups is 1. The van der Waals surface area contributed by atoms with E-state index in [1.165, 1.54) is 0 Å². The first-order valence-corrected chi connectivity index (χ1v) is 4.87. The van der Waals surface area contributed by atoms with Crippen LogP contribution in [0.2, 0.25) is 0 Å². The molecule has 4 heteroatoms. The zero-order chi connectivity index (χ0) is 9.52. The van der Waals surface area contributed by atoms with Crippen molar-refractivity contribution in [2.45, 2.75) is 25.7 Å². The van der Waals surface area contributed by atoms with Crippen LogP contribution >= 0.6 is 0 Å². The van der Waals surface area contributed by atoms with E-state index in [4.69, 9.17) is 9.84 Å². The van der Waals surface area contributed by atoms with Crippen LogP contribution in [0.25, 0.3) is 0 Å². The van der Waals surface area contributed by atoms with Gasteiger partial charge in [-0.05, 0) is 12.8 Å². The number of unbranched alkanes of at least 4 members (excludes halogenated alkanes) is 3. The zero-order valence-corrected chi connectivity index (χ0v) is 7.87. The highest BCUT2D eigenvalue weighted by Crippen LogP contribution is 2.06.